The fourth-order valence-corrected chi connectivity index (χ4v) is 3.28. The van der Waals surface area contributed by atoms with Gasteiger partial charge in [0.2, 0.25) is 0 Å². The molecule has 3 aromatic rings. The van der Waals surface area contributed by atoms with Crippen LogP contribution in [-0.2, 0) is 4.79 Å². The van der Waals surface area contributed by atoms with Crippen molar-refractivity contribution in [2.45, 2.75) is 13.8 Å². The summed E-state index contributed by atoms with van der Waals surface area (Å²) in [6.07, 6.45) is 1.70. The number of hydrogen-bond acceptors (Lipinski definition) is 3. The van der Waals surface area contributed by atoms with Gasteiger partial charge >= 0.3 is 0 Å². The Morgan fingerprint density at radius 3 is 2.41 bits per heavy atom. The molecule has 1 amide bonds. The van der Waals surface area contributed by atoms with E-state index in [-0.39, 0.29) is 18.3 Å². The molecule has 0 saturated carbocycles. The number of halogens is 2. The van der Waals surface area contributed by atoms with Crippen LogP contribution in [0.5, 0.6) is 5.75 Å². The van der Waals surface area contributed by atoms with Crippen molar-refractivity contribution in [3.8, 4) is 5.75 Å². The van der Waals surface area contributed by atoms with Crippen molar-refractivity contribution in [1.82, 2.24) is 0 Å². The maximum absolute atomic E-state index is 12.1. The second kappa shape index (κ2) is 9.59. The zero-order valence-electron chi connectivity index (χ0n) is 16.1. The molecule has 0 radical (unpaired) electrons. The molecule has 0 atom stereocenters. The number of carbonyl (C=O) groups is 1. The molecule has 0 saturated heterocycles. The summed E-state index contributed by atoms with van der Waals surface area (Å²) >= 11 is 12.6. The topological polar surface area (TPSA) is 50.7 Å². The lowest BCUT2D eigenvalue weighted by Crippen LogP contribution is -2.20. The number of ether oxygens (including phenoxy) is 1. The van der Waals surface area contributed by atoms with Crippen LogP contribution < -0.4 is 10.1 Å². The van der Waals surface area contributed by atoms with Crippen molar-refractivity contribution in [2.24, 2.45) is 4.99 Å². The third-order valence-corrected chi connectivity index (χ3v) is 4.92. The van der Waals surface area contributed by atoms with E-state index in [0.717, 1.165) is 16.8 Å². The van der Waals surface area contributed by atoms with Crippen molar-refractivity contribution in [1.29, 1.82) is 0 Å². The molecule has 0 fully saturated rings. The Balaban J connectivity index is 1.68. The summed E-state index contributed by atoms with van der Waals surface area (Å²) < 4.78 is 5.53. The van der Waals surface area contributed by atoms with Crippen molar-refractivity contribution in [2.75, 3.05) is 11.9 Å². The summed E-state index contributed by atoms with van der Waals surface area (Å²) in [5, 5.41) is 3.36. The quantitative estimate of drug-likeness (QED) is 0.464. The van der Waals surface area contributed by atoms with Gasteiger partial charge < -0.3 is 10.1 Å². The molecule has 3 aromatic carbocycles. The average molecular weight is 427 g/mol. The number of aryl methyl sites for hydroxylation is 1. The van der Waals surface area contributed by atoms with Crippen molar-refractivity contribution < 1.29 is 9.53 Å². The number of nitrogens with zero attached hydrogens (tertiary/aromatic N) is 1. The van der Waals surface area contributed by atoms with Gasteiger partial charge in [-0.25, -0.2) is 0 Å². The fourth-order valence-electron chi connectivity index (χ4n) is 2.67. The van der Waals surface area contributed by atoms with Crippen molar-refractivity contribution >= 4 is 46.7 Å². The number of nitrogens with one attached hydrogen (secondary N) is 1. The zero-order chi connectivity index (χ0) is 20.8. The lowest BCUT2D eigenvalue weighted by atomic mass is 10.1. The molecule has 0 aromatic heterocycles. The molecule has 0 aliphatic rings. The molecule has 6 heteroatoms. The highest BCUT2D eigenvalue weighted by Gasteiger charge is 2.12. The second-order valence-electron chi connectivity index (χ2n) is 6.49. The van der Waals surface area contributed by atoms with E-state index >= 15 is 0 Å². The molecule has 0 unspecified atom stereocenters. The highest BCUT2D eigenvalue weighted by molar-refractivity contribution is 6.37. The van der Waals surface area contributed by atoms with Crippen LogP contribution in [0.2, 0.25) is 10.0 Å². The number of carbonyl (C=O) groups excluding carboxylic acids is 1. The summed E-state index contributed by atoms with van der Waals surface area (Å²) in [7, 11) is 0. The molecule has 1 N–H and O–H groups in total. The molecule has 0 aliphatic heterocycles. The Morgan fingerprint density at radius 1 is 1.03 bits per heavy atom. The van der Waals surface area contributed by atoms with Crippen LogP contribution in [0.15, 0.2) is 65.7 Å². The van der Waals surface area contributed by atoms with Crippen molar-refractivity contribution in [3.05, 3.63) is 87.4 Å². The molecule has 4 nitrogen and oxygen atoms in total. The second-order valence-corrected chi connectivity index (χ2v) is 7.31. The van der Waals surface area contributed by atoms with Crippen LogP contribution in [0, 0.1) is 13.8 Å². The first-order valence-electron chi connectivity index (χ1n) is 9.01. The fraction of sp³-hybridized carbons (Fsp3) is 0.130. The van der Waals surface area contributed by atoms with E-state index in [0.29, 0.717) is 15.7 Å². The van der Waals surface area contributed by atoms with E-state index in [2.05, 4.69) is 10.3 Å². The van der Waals surface area contributed by atoms with Crippen LogP contribution in [0.4, 0.5) is 11.4 Å². The molecule has 0 spiro atoms. The predicted molar refractivity (Wildman–Crippen MR) is 120 cm³/mol. The van der Waals surface area contributed by atoms with Gasteiger partial charge in [-0.2, -0.15) is 0 Å². The third-order valence-electron chi connectivity index (χ3n) is 4.35. The van der Waals surface area contributed by atoms with Gasteiger partial charge in [-0.1, -0.05) is 53.5 Å². The average Bonchev–Trinajstić information content (AvgIpc) is 2.69. The van der Waals surface area contributed by atoms with Gasteiger partial charge in [-0.15, -0.1) is 0 Å². The maximum Gasteiger partial charge on any atom is 0.262 e. The Bertz CT molecular complexity index is 1030. The van der Waals surface area contributed by atoms with Gasteiger partial charge in [0.15, 0.2) is 12.4 Å². The highest BCUT2D eigenvalue weighted by atomic mass is 35.5. The lowest BCUT2D eigenvalue weighted by molar-refractivity contribution is -0.118. The first kappa shape index (κ1) is 20.9. The molecule has 0 aliphatic carbocycles. The van der Waals surface area contributed by atoms with E-state index in [1.165, 1.54) is 5.56 Å². The van der Waals surface area contributed by atoms with Crippen LogP contribution in [0.1, 0.15) is 16.7 Å². The summed E-state index contributed by atoms with van der Waals surface area (Å²) in [6.45, 7) is 3.87. The van der Waals surface area contributed by atoms with E-state index < -0.39 is 0 Å². The normalized spacial score (nSPS) is 10.9. The molecule has 3 rings (SSSR count). The van der Waals surface area contributed by atoms with Crippen LogP contribution in [0.3, 0.4) is 0 Å². The molecule has 148 valence electrons. The van der Waals surface area contributed by atoms with Gasteiger partial charge in [0.05, 0.1) is 15.7 Å². The smallest absolute Gasteiger partial charge is 0.262 e. The number of benzene rings is 3. The number of para-hydroxylation sites is 1. The highest BCUT2D eigenvalue weighted by Crippen LogP contribution is 2.34. The number of aliphatic imine (C=N–C) groups is 1. The summed E-state index contributed by atoms with van der Waals surface area (Å²) in [5.41, 5.74) is 4.60. The van der Waals surface area contributed by atoms with Crippen LogP contribution >= 0.6 is 23.2 Å². The van der Waals surface area contributed by atoms with E-state index in [1.54, 1.807) is 30.5 Å². The molecule has 29 heavy (non-hydrogen) atoms. The Kier molecular flexibility index (Phi) is 6.91. The predicted octanol–water partition coefficient (Wildman–Crippen LogP) is 6.38. The Labute approximate surface area is 180 Å². The Morgan fingerprint density at radius 2 is 1.72 bits per heavy atom. The van der Waals surface area contributed by atoms with Gasteiger partial charge in [0.25, 0.3) is 5.91 Å². The number of hydrogen-bond donors (Lipinski definition) is 1. The number of amides is 1. The molecular formula is C23H20Cl2N2O2. The van der Waals surface area contributed by atoms with Crippen LogP contribution in [-0.4, -0.2) is 18.7 Å². The van der Waals surface area contributed by atoms with Crippen molar-refractivity contribution in [3.63, 3.8) is 0 Å². The molecule has 0 heterocycles. The molecular weight excluding hydrogens is 407 g/mol. The first-order chi connectivity index (χ1) is 13.9. The zero-order valence-corrected chi connectivity index (χ0v) is 17.6. The lowest BCUT2D eigenvalue weighted by Gasteiger charge is -2.11. The van der Waals surface area contributed by atoms with Gasteiger partial charge in [0, 0.05) is 11.9 Å². The number of rotatable bonds is 6. The minimum atomic E-state index is -0.302. The minimum absolute atomic E-state index is 0.204. The van der Waals surface area contributed by atoms with Gasteiger partial charge in [-0.3, -0.25) is 9.79 Å². The standard InChI is InChI=1S/C23H20Cl2N2O2/c1-15-7-6-10-21(16(15)2)26-13-17-11-19(24)23(20(25)12-17)29-14-22(28)27-18-8-4-3-5-9-18/h3-13H,14H2,1-2H3,(H,27,28). The van der Waals surface area contributed by atoms with Crippen LogP contribution in [0.25, 0.3) is 0 Å². The Hall–Kier alpha value is -2.82. The third kappa shape index (κ3) is 5.59. The summed E-state index contributed by atoms with van der Waals surface area (Å²) in [6, 6.07) is 18.5. The van der Waals surface area contributed by atoms with E-state index in [9.17, 15) is 4.79 Å². The molecule has 0 bridgehead atoms. The monoisotopic (exact) mass is 426 g/mol. The largest absolute Gasteiger partial charge is 0.481 e. The SMILES string of the molecule is Cc1cccc(N=Cc2cc(Cl)c(OCC(=O)Nc3ccccc3)c(Cl)c2)c1C. The van der Waals surface area contributed by atoms with Gasteiger partial charge in [-0.05, 0) is 60.9 Å². The minimum Gasteiger partial charge on any atom is -0.481 e. The van der Waals surface area contributed by atoms with E-state index in [4.69, 9.17) is 27.9 Å². The maximum atomic E-state index is 12.1. The summed E-state index contributed by atoms with van der Waals surface area (Å²) in [5.74, 6) is -0.0377. The van der Waals surface area contributed by atoms with Gasteiger partial charge in [0.1, 0.15) is 0 Å². The first-order valence-corrected chi connectivity index (χ1v) is 9.76. The van der Waals surface area contributed by atoms with E-state index in [1.807, 2.05) is 50.2 Å². The summed E-state index contributed by atoms with van der Waals surface area (Å²) in [4.78, 5) is 16.6. The number of anilines is 1.